The van der Waals surface area contributed by atoms with Crippen molar-refractivity contribution in [1.29, 1.82) is 0 Å². The zero-order valence-electron chi connectivity index (χ0n) is 13.7. The molecule has 24 heavy (non-hydrogen) atoms. The molecule has 2 heterocycles. The number of carbonyl (C=O) groups is 1. The van der Waals surface area contributed by atoms with Crippen LogP contribution in [0.5, 0.6) is 0 Å². The maximum atomic E-state index is 14.0. The number of hydrogen-bond acceptors (Lipinski definition) is 4. The smallest absolute Gasteiger partial charge is 0.276 e. The molecule has 7 heteroatoms. The predicted molar refractivity (Wildman–Crippen MR) is 85.1 cm³/mol. The van der Waals surface area contributed by atoms with Crippen molar-refractivity contribution in [2.45, 2.75) is 20.3 Å². The Kier molecular flexibility index (Phi) is 4.51. The lowest BCUT2D eigenvalue weighted by atomic mass is 10.2. The molecule has 0 saturated carbocycles. The molecule has 1 aliphatic heterocycles. The van der Waals surface area contributed by atoms with Crippen molar-refractivity contribution < 1.29 is 18.0 Å². The average molecular weight is 335 g/mol. The van der Waals surface area contributed by atoms with Crippen LogP contribution >= 0.6 is 0 Å². The highest BCUT2D eigenvalue weighted by molar-refractivity contribution is 5.93. The van der Waals surface area contributed by atoms with E-state index in [9.17, 15) is 13.6 Å². The van der Waals surface area contributed by atoms with Gasteiger partial charge in [0.15, 0.2) is 23.2 Å². The van der Waals surface area contributed by atoms with Gasteiger partial charge in [0, 0.05) is 33.1 Å². The summed E-state index contributed by atoms with van der Waals surface area (Å²) >= 11 is 0. The minimum atomic E-state index is -0.863. The Hall–Kier alpha value is -2.44. The lowest BCUT2D eigenvalue weighted by Crippen LogP contribution is -2.36. The number of oxazole rings is 1. The van der Waals surface area contributed by atoms with Gasteiger partial charge in [-0.05, 0) is 25.5 Å². The summed E-state index contributed by atoms with van der Waals surface area (Å²) in [5, 5.41) is 0. The molecule has 3 rings (SSSR count). The van der Waals surface area contributed by atoms with Crippen molar-refractivity contribution in [1.82, 2.24) is 9.88 Å². The largest absolute Gasteiger partial charge is 0.445 e. The summed E-state index contributed by atoms with van der Waals surface area (Å²) in [6.07, 6.45) is 0.664. The number of nitrogens with zero attached hydrogens (tertiary/aromatic N) is 3. The molecule has 1 aromatic carbocycles. The predicted octanol–water partition coefficient (Wildman–Crippen LogP) is 2.92. The van der Waals surface area contributed by atoms with Gasteiger partial charge >= 0.3 is 0 Å². The van der Waals surface area contributed by atoms with Crippen LogP contribution < -0.4 is 4.90 Å². The number of rotatable bonds is 2. The van der Waals surface area contributed by atoms with E-state index in [1.54, 1.807) is 29.7 Å². The van der Waals surface area contributed by atoms with Crippen LogP contribution in [0.3, 0.4) is 0 Å². The van der Waals surface area contributed by atoms with E-state index in [-0.39, 0.29) is 11.6 Å². The molecule has 5 nitrogen and oxygen atoms in total. The summed E-state index contributed by atoms with van der Waals surface area (Å²) in [5.41, 5.74) is 0.552. The molecular weight excluding hydrogens is 316 g/mol. The van der Waals surface area contributed by atoms with Crippen LogP contribution in [-0.2, 0) is 0 Å². The summed E-state index contributed by atoms with van der Waals surface area (Å²) in [5.74, 6) is -0.951. The molecule has 1 saturated heterocycles. The van der Waals surface area contributed by atoms with Gasteiger partial charge in [-0.3, -0.25) is 4.79 Å². The number of aromatic nitrogens is 1. The quantitative estimate of drug-likeness (QED) is 0.847. The Bertz CT molecular complexity index is 760. The molecule has 2 aromatic rings. The molecule has 1 aromatic heterocycles. The highest BCUT2D eigenvalue weighted by Crippen LogP contribution is 2.23. The zero-order chi connectivity index (χ0) is 17.3. The first kappa shape index (κ1) is 16.4. The zero-order valence-corrected chi connectivity index (χ0v) is 13.7. The van der Waals surface area contributed by atoms with E-state index in [1.165, 1.54) is 6.07 Å². The molecule has 1 aliphatic rings. The Morgan fingerprint density at radius 2 is 1.96 bits per heavy atom. The lowest BCUT2D eigenvalue weighted by molar-refractivity contribution is 0.0760. The van der Waals surface area contributed by atoms with E-state index in [0.717, 1.165) is 6.07 Å². The Balaban J connectivity index is 1.74. The summed E-state index contributed by atoms with van der Waals surface area (Å²) in [6.45, 7) is 5.35. The van der Waals surface area contributed by atoms with E-state index in [0.29, 0.717) is 49.9 Å². The monoisotopic (exact) mass is 335 g/mol. The number of aryl methyl sites for hydroxylation is 2. The number of anilines is 1. The molecule has 0 radical (unpaired) electrons. The second-order valence-corrected chi connectivity index (χ2v) is 5.84. The van der Waals surface area contributed by atoms with Crippen molar-refractivity contribution >= 4 is 11.6 Å². The summed E-state index contributed by atoms with van der Waals surface area (Å²) < 4.78 is 32.7. The van der Waals surface area contributed by atoms with Crippen LogP contribution in [0, 0.1) is 25.5 Å². The van der Waals surface area contributed by atoms with Crippen LogP contribution in [0.25, 0.3) is 0 Å². The molecular formula is C17H19F2N3O2. The van der Waals surface area contributed by atoms with E-state index < -0.39 is 11.6 Å². The van der Waals surface area contributed by atoms with Gasteiger partial charge in [0.25, 0.3) is 5.91 Å². The fraction of sp³-hybridized carbons (Fsp3) is 0.412. The van der Waals surface area contributed by atoms with E-state index in [1.807, 2.05) is 0 Å². The number of amides is 1. The van der Waals surface area contributed by atoms with E-state index in [2.05, 4.69) is 4.98 Å². The van der Waals surface area contributed by atoms with Crippen molar-refractivity contribution in [3.63, 3.8) is 0 Å². The highest BCUT2D eigenvalue weighted by Gasteiger charge is 2.25. The topological polar surface area (TPSA) is 49.6 Å². The van der Waals surface area contributed by atoms with Crippen LogP contribution in [0.2, 0.25) is 0 Å². The Morgan fingerprint density at radius 1 is 1.17 bits per heavy atom. The third kappa shape index (κ3) is 3.11. The van der Waals surface area contributed by atoms with Gasteiger partial charge in [-0.2, -0.15) is 0 Å². The second kappa shape index (κ2) is 6.59. The average Bonchev–Trinajstić information content (AvgIpc) is 2.75. The third-order valence-corrected chi connectivity index (χ3v) is 4.16. The minimum absolute atomic E-state index is 0.189. The molecule has 128 valence electrons. The fourth-order valence-electron chi connectivity index (χ4n) is 2.98. The highest BCUT2D eigenvalue weighted by atomic mass is 19.2. The van der Waals surface area contributed by atoms with Gasteiger partial charge < -0.3 is 14.2 Å². The first-order valence-electron chi connectivity index (χ1n) is 7.89. The molecule has 0 spiro atoms. The molecule has 0 unspecified atom stereocenters. The van der Waals surface area contributed by atoms with Crippen LogP contribution in [0.15, 0.2) is 22.6 Å². The van der Waals surface area contributed by atoms with Crippen LogP contribution in [0.4, 0.5) is 14.5 Å². The molecule has 0 N–H and O–H groups in total. The van der Waals surface area contributed by atoms with Crippen molar-refractivity contribution in [3.8, 4) is 0 Å². The van der Waals surface area contributed by atoms with Crippen LogP contribution in [-0.4, -0.2) is 42.0 Å². The number of benzene rings is 1. The Morgan fingerprint density at radius 3 is 2.67 bits per heavy atom. The van der Waals surface area contributed by atoms with Gasteiger partial charge in [-0.15, -0.1) is 0 Å². The van der Waals surface area contributed by atoms with Crippen molar-refractivity contribution in [2.75, 3.05) is 31.1 Å². The van der Waals surface area contributed by atoms with Crippen LogP contribution in [0.1, 0.15) is 28.6 Å². The number of halogens is 2. The van der Waals surface area contributed by atoms with Crippen molar-refractivity contribution in [2.24, 2.45) is 0 Å². The molecule has 1 fully saturated rings. The van der Waals surface area contributed by atoms with Gasteiger partial charge in [0.2, 0.25) is 0 Å². The molecule has 0 aliphatic carbocycles. The second-order valence-electron chi connectivity index (χ2n) is 5.84. The maximum absolute atomic E-state index is 14.0. The number of hydrogen-bond donors (Lipinski definition) is 0. The summed E-state index contributed by atoms with van der Waals surface area (Å²) in [7, 11) is 0. The summed E-state index contributed by atoms with van der Waals surface area (Å²) in [6, 6.07) is 4.15. The third-order valence-electron chi connectivity index (χ3n) is 4.16. The Labute approximate surface area is 138 Å². The lowest BCUT2D eigenvalue weighted by Gasteiger charge is -2.24. The number of carbonyl (C=O) groups excluding carboxylic acids is 1. The molecule has 0 bridgehead atoms. The van der Waals surface area contributed by atoms with Gasteiger partial charge in [0.05, 0.1) is 5.69 Å². The van der Waals surface area contributed by atoms with Gasteiger partial charge in [-0.25, -0.2) is 13.8 Å². The van der Waals surface area contributed by atoms with Gasteiger partial charge in [-0.1, -0.05) is 6.07 Å². The maximum Gasteiger partial charge on any atom is 0.276 e. The SMILES string of the molecule is Cc1nc(C(=O)N2CCCN(c3cccc(F)c3F)CC2)c(C)o1. The minimum Gasteiger partial charge on any atom is -0.445 e. The van der Waals surface area contributed by atoms with E-state index in [4.69, 9.17) is 4.42 Å². The first-order valence-corrected chi connectivity index (χ1v) is 7.89. The van der Waals surface area contributed by atoms with Crippen molar-refractivity contribution in [3.05, 3.63) is 47.2 Å². The summed E-state index contributed by atoms with van der Waals surface area (Å²) in [4.78, 5) is 20.2. The normalized spacial score (nSPS) is 15.5. The molecule has 0 atom stereocenters. The van der Waals surface area contributed by atoms with Gasteiger partial charge in [0.1, 0.15) is 5.76 Å². The standard InChI is InChI=1S/C17H19F2N3O2/c1-11-16(20-12(2)24-11)17(23)22-8-4-7-21(9-10-22)14-6-3-5-13(18)15(14)19/h3,5-6H,4,7-10H2,1-2H3. The fourth-order valence-corrected chi connectivity index (χ4v) is 2.98. The molecule has 1 amide bonds. The van der Waals surface area contributed by atoms with E-state index >= 15 is 0 Å². The first-order chi connectivity index (χ1) is 11.5.